The van der Waals surface area contributed by atoms with Gasteiger partial charge in [0.1, 0.15) is 4.88 Å². The fourth-order valence-corrected chi connectivity index (χ4v) is 3.65. The Morgan fingerprint density at radius 2 is 2.19 bits per heavy atom. The van der Waals surface area contributed by atoms with Crippen LogP contribution in [0.1, 0.15) is 39.8 Å². The van der Waals surface area contributed by atoms with Gasteiger partial charge in [0, 0.05) is 17.4 Å². The van der Waals surface area contributed by atoms with Crippen molar-refractivity contribution < 1.29 is 4.79 Å². The molecule has 2 rings (SSSR count). The average molecular weight is 367 g/mol. The zero-order valence-corrected chi connectivity index (χ0v) is 14.8. The first-order chi connectivity index (χ1) is 9.95. The molecule has 1 aromatic carbocycles. The summed E-state index contributed by atoms with van der Waals surface area (Å²) >= 11 is 4.93. The number of nitrogens with one attached hydrogen (secondary N) is 1. The number of carbonyl (C=O) groups is 1. The van der Waals surface area contributed by atoms with Gasteiger partial charge in [-0.1, -0.05) is 41.9 Å². The van der Waals surface area contributed by atoms with Crippen molar-refractivity contribution in [2.24, 2.45) is 5.92 Å². The molecule has 0 saturated heterocycles. The number of thiazole rings is 1. The maximum absolute atomic E-state index is 12.3. The molecule has 0 bridgehead atoms. The molecule has 3 nitrogen and oxygen atoms in total. The van der Waals surface area contributed by atoms with Crippen LogP contribution in [0.5, 0.6) is 0 Å². The van der Waals surface area contributed by atoms with E-state index in [2.05, 4.69) is 40.1 Å². The summed E-state index contributed by atoms with van der Waals surface area (Å²) in [6.07, 6.45) is 0.921. The number of aromatic nitrogens is 1. The molecule has 0 spiro atoms. The Morgan fingerprint density at radius 3 is 2.86 bits per heavy atom. The van der Waals surface area contributed by atoms with E-state index < -0.39 is 0 Å². The van der Waals surface area contributed by atoms with Crippen molar-refractivity contribution in [3.05, 3.63) is 49.9 Å². The third-order valence-corrected chi connectivity index (χ3v) is 4.64. The fourth-order valence-electron chi connectivity index (χ4n) is 2.01. The molecule has 0 fully saturated rings. The third-order valence-electron chi connectivity index (χ3n) is 2.97. The molecule has 0 atom stereocenters. The monoisotopic (exact) mass is 366 g/mol. The van der Waals surface area contributed by atoms with Gasteiger partial charge in [0.25, 0.3) is 5.91 Å². The maximum Gasteiger partial charge on any atom is 0.263 e. The van der Waals surface area contributed by atoms with Crippen LogP contribution < -0.4 is 5.32 Å². The van der Waals surface area contributed by atoms with Crippen molar-refractivity contribution in [3.63, 3.8) is 0 Å². The van der Waals surface area contributed by atoms with Crippen LogP contribution in [0.4, 0.5) is 0 Å². The van der Waals surface area contributed by atoms with Crippen LogP contribution in [0, 0.1) is 12.8 Å². The molecule has 1 heterocycles. The number of hydrogen-bond donors (Lipinski definition) is 1. The normalized spacial score (nSPS) is 10.9. The first kappa shape index (κ1) is 16.2. The second kappa shape index (κ2) is 7.18. The van der Waals surface area contributed by atoms with Crippen LogP contribution in [0.2, 0.25) is 0 Å². The van der Waals surface area contributed by atoms with Crippen molar-refractivity contribution >= 4 is 33.2 Å². The molecule has 0 radical (unpaired) electrons. The first-order valence-corrected chi connectivity index (χ1v) is 8.55. The molecule has 0 unspecified atom stereocenters. The lowest BCUT2D eigenvalue weighted by atomic mass is 10.1. The number of benzene rings is 1. The van der Waals surface area contributed by atoms with E-state index in [4.69, 9.17) is 0 Å². The van der Waals surface area contributed by atoms with Crippen molar-refractivity contribution in [1.82, 2.24) is 10.3 Å². The molecule has 1 amide bonds. The molecule has 2 aromatic rings. The van der Waals surface area contributed by atoms with Gasteiger partial charge in [-0.25, -0.2) is 4.98 Å². The summed E-state index contributed by atoms with van der Waals surface area (Å²) in [5.74, 6) is 0.508. The fraction of sp³-hybridized carbons (Fsp3) is 0.375. The van der Waals surface area contributed by atoms with Crippen LogP contribution in [0.25, 0.3) is 0 Å². The van der Waals surface area contributed by atoms with Gasteiger partial charge in [0.05, 0.1) is 10.7 Å². The molecule has 5 heteroatoms. The van der Waals surface area contributed by atoms with Crippen LogP contribution in [0.3, 0.4) is 0 Å². The second-order valence-corrected chi connectivity index (χ2v) is 7.43. The zero-order valence-electron chi connectivity index (χ0n) is 12.4. The molecular weight excluding hydrogens is 348 g/mol. The molecule has 1 N–H and O–H groups in total. The summed E-state index contributed by atoms with van der Waals surface area (Å²) in [5.41, 5.74) is 1.89. The number of nitrogens with zero attached hydrogens (tertiary/aromatic N) is 1. The van der Waals surface area contributed by atoms with Crippen molar-refractivity contribution in [2.75, 3.05) is 0 Å². The molecule has 21 heavy (non-hydrogen) atoms. The molecule has 0 aliphatic carbocycles. The number of halogens is 1. The quantitative estimate of drug-likeness (QED) is 0.854. The number of carbonyl (C=O) groups excluding carboxylic acids is 1. The molecule has 112 valence electrons. The summed E-state index contributed by atoms with van der Waals surface area (Å²) in [4.78, 5) is 17.5. The Morgan fingerprint density at radius 1 is 1.43 bits per heavy atom. The van der Waals surface area contributed by atoms with Gasteiger partial charge >= 0.3 is 0 Å². The molecule has 1 aromatic heterocycles. The van der Waals surface area contributed by atoms with E-state index in [9.17, 15) is 4.79 Å². The van der Waals surface area contributed by atoms with E-state index in [1.807, 2.05) is 31.2 Å². The topological polar surface area (TPSA) is 42.0 Å². The summed E-state index contributed by atoms with van der Waals surface area (Å²) in [6, 6.07) is 7.93. The van der Waals surface area contributed by atoms with Gasteiger partial charge in [-0.3, -0.25) is 4.79 Å². The minimum atomic E-state index is -0.0417. The van der Waals surface area contributed by atoms with Gasteiger partial charge in [-0.15, -0.1) is 11.3 Å². The number of hydrogen-bond acceptors (Lipinski definition) is 3. The highest BCUT2D eigenvalue weighted by atomic mass is 79.9. The average Bonchev–Trinajstić information content (AvgIpc) is 2.76. The summed E-state index contributed by atoms with van der Waals surface area (Å²) < 4.78 is 1.02. The molecule has 0 aliphatic heterocycles. The predicted molar refractivity (Wildman–Crippen MR) is 90.7 cm³/mol. The van der Waals surface area contributed by atoms with Gasteiger partial charge < -0.3 is 5.32 Å². The zero-order chi connectivity index (χ0) is 15.4. The lowest BCUT2D eigenvalue weighted by molar-refractivity contribution is 0.0954. The molecule has 0 saturated carbocycles. The van der Waals surface area contributed by atoms with E-state index in [0.29, 0.717) is 12.5 Å². The molecule has 0 aliphatic rings. The largest absolute Gasteiger partial charge is 0.347 e. The minimum Gasteiger partial charge on any atom is -0.347 e. The van der Waals surface area contributed by atoms with Crippen molar-refractivity contribution in [3.8, 4) is 0 Å². The predicted octanol–water partition coefficient (Wildman–Crippen LogP) is 4.34. The van der Waals surface area contributed by atoms with E-state index >= 15 is 0 Å². The lowest BCUT2D eigenvalue weighted by Crippen LogP contribution is -2.22. The Balaban J connectivity index is 2.01. The highest BCUT2D eigenvalue weighted by Gasteiger charge is 2.15. The van der Waals surface area contributed by atoms with E-state index in [1.165, 1.54) is 11.3 Å². The van der Waals surface area contributed by atoms with Crippen LogP contribution in [-0.4, -0.2) is 10.9 Å². The van der Waals surface area contributed by atoms with E-state index in [1.54, 1.807) is 0 Å². The van der Waals surface area contributed by atoms with E-state index in [-0.39, 0.29) is 5.91 Å². The molecular formula is C16H19BrN2OS. The van der Waals surface area contributed by atoms with E-state index in [0.717, 1.165) is 32.0 Å². The smallest absolute Gasteiger partial charge is 0.263 e. The maximum atomic E-state index is 12.3. The van der Waals surface area contributed by atoms with Crippen LogP contribution in [-0.2, 0) is 13.0 Å². The SMILES string of the molecule is Cc1nc(CC(C)C)sc1C(=O)NCc1cccc(Br)c1. The highest BCUT2D eigenvalue weighted by Crippen LogP contribution is 2.21. The van der Waals surface area contributed by atoms with Crippen molar-refractivity contribution in [1.29, 1.82) is 0 Å². The second-order valence-electron chi connectivity index (χ2n) is 5.43. The third kappa shape index (κ3) is 4.64. The number of aryl methyl sites for hydroxylation is 1. The van der Waals surface area contributed by atoms with Crippen LogP contribution >= 0.6 is 27.3 Å². The number of rotatable bonds is 5. The Hall–Kier alpha value is -1.20. The van der Waals surface area contributed by atoms with Gasteiger partial charge in [-0.05, 0) is 30.5 Å². The Labute approximate surface area is 137 Å². The van der Waals surface area contributed by atoms with Gasteiger partial charge in [-0.2, -0.15) is 0 Å². The first-order valence-electron chi connectivity index (χ1n) is 6.94. The summed E-state index contributed by atoms with van der Waals surface area (Å²) in [6.45, 7) is 6.73. The van der Waals surface area contributed by atoms with Gasteiger partial charge in [0.15, 0.2) is 0 Å². The Bertz CT molecular complexity index is 637. The van der Waals surface area contributed by atoms with Gasteiger partial charge in [0.2, 0.25) is 0 Å². The minimum absolute atomic E-state index is 0.0417. The van der Waals surface area contributed by atoms with Crippen molar-refractivity contribution in [2.45, 2.75) is 33.7 Å². The summed E-state index contributed by atoms with van der Waals surface area (Å²) in [7, 11) is 0. The lowest BCUT2D eigenvalue weighted by Gasteiger charge is -2.04. The highest BCUT2D eigenvalue weighted by molar-refractivity contribution is 9.10. The summed E-state index contributed by atoms with van der Waals surface area (Å²) in [5, 5.41) is 4.00. The standard InChI is InChI=1S/C16H19BrN2OS/c1-10(2)7-14-19-11(3)15(21-14)16(20)18-9-12-5-4-6-13(17)8-12/h4-6,8,10H,7,9H2,1-3H3,(H,18,20). The number of amides is 1. The Kier molecular flexibility index (Phi) is 5.53. The van der Waals surface area contributed by atoms with Crippen LogP contribution in [0.15, 0.2) is 28.7 Å².